The molecule has 22 heavy (non-hydrogen) atoms. The molecule has 1 aromatic carbocycles. The number of carbonyl (C=O) groups is 1. The smallest absolute Gasteiger partial charge is 0.270 e. The molecule has 10 heteroatoms. The molecule has 1 aromatic rings. The summed E-state index contributed by atoms with van der Waals surface area (Å²) in [6, 6.07) is 4.71. The standard InChI is InChI=1S/C12H18N4O5S/c1-9(8-13)12(17)14-5-6-15-22(20,21)11-4-2-3-10(7-11)16(18)19/h2-4,7,9,15H,5-6,8,13H2,1H3,(H,14,17). The lowest BCUT2D eigenvalue weighted by molar-refractivity contribution is -0.385. The van der Waals surface area contributed by atoms with E-state index in [9.17, 15) is 23.3 Å². The van der Waals surface area contributed by atoms with Crippen LogP contribution in [0.2, 0.25) is 0 Å². The van der Waals surface area contributed by atoms with Gasteiger partial charge in [-0.25, -0.2) is 13.1 Å². The number of non-ortho nitro benzene ring substituents is 1. The number of nitrogens with two attached hydrogens (primary N) is 1. The Morgan fingerprint density at radius 3 is 2.68 bits per heavy atom. The van der Waals surface area contributed by atoms with E-state index in [2.05, 4.69) is 10.0 Å². The number of hydrogen-bond donors (Lipinski definition) is 3. The third kappa shape index (κ3) is 5.06. The van der Waals surface area contributed by atoms with Crippen LogP contribution < -0.4 is 15.8 Å². The largest absolute Gasteiger partial charge is 0.355 e. The minimum atomic E-state index is -3.87. The van der Waals surface area contributed by atoms with Crippen LogP contribution in [0.15, 0.2) is 29.2 Å². The molecule has 0 aliphatic carbocycles. The zero-order chi connectivity index (χ0) is 16.8. The van der Waals surface area contributed by atoms with Gasteiger partial charge in [0.25, 0.3) is 5.69 Å². The van der Waals surface area contributed by atoms with Crippen LogP contribution in [0.5, 0.6) is 0 Å². The Labute approximate surface area is 128 Å². The van der Waals surface area contributed by atoms with Crippen molar-refractivity contribution in [1.82, 2.24) is 10.0 Å². The second-order valence-corrected chi connectivity index (χ2v) is 6.35. The highest BCUT2D eigenvalue weighted by Crippen LogP contribution is 2.16. The highest BCUT2D eigenvalue weighted by Gasteiger charge is 2.17. The lowest BCUT2D eigenvalue weighted by Crippen LogP contribution is -2.38. The van der Waals surface area contributed by atoms with Crippen molar-refractivity contribution in [2.45, 2.75) is 11.8 Å². The predicted molar refractivity (Wildman–Crippen MR) is 79.5 cm³/mol. The minimum Gasteiger partial charge on any atom is -0.355 e. The fourth-order valence-electron chi connectivity index (χ4n) is 1.50. The van der Waals surface area contributed by atoms with Crippen molar-refractivity contribution in [2.24, 2.45) is 11.7 Å². The van der Waals surface area contributed by atoms with Crippen LogP contribution >= 0.6 is 0 Å². The first-order valence-corrected chi connectivity index (χ1v) is 7.98. The molecule has 0 heterocycles. The summed E-state index contributed by atoms with van der Waals surface area (Å²) in [4.78, 5) is 21.2. The maximum atomic E-state index is 12.0. The van der Waals surface area contributed by atoms with Gasteiger partial charge in [0.05, 0.1) is 9.82 Å². The number of carbonyl (C=O) groups excluding carboxylic acids is 1. The van der Waals surface area contributed by atoms with Crippen LogP contribution in [-0.2, 0) is 14.8 Å². The van der Waals surface area contributed by atoms with Crippen molar-refractivity contribution in [3.05, 3.63) is 34.4 Å². The van der Waals surface area contributed by atoms with E-state index >= 15 is 0 Å². The number of benzene rings is 1. The molecule has 0 saturated carbocycles. The maximum Gasteiger partial charge on any atom is 0.270 e. The van der Waals surface area contributed by atoms with Crippen molar-refractivity contribution in [3.8, 4) is 0 Å². The van der Waals surface area contributed by atoms with Crippen LogP contribution in [-0.4, -0.2) is 38.9 Å². The van der Waals surface area contributed by atoms with Crippen molar-refractivity contribution in [3.63, 3.8) is 0 Å². The molecule has 0 radical (unpaired) electrons. The Bertz CT molecular complexity index is 647. The van der Waals surface area contributed by atoms with Crippen molar-refractivity contribution < 1.29 is 18.1 Å². The number of nitrogens with one attached hydrogen (secondary N) is 2. The summed E-state index contributed by atoms with van der Waals surface area (Å²) in [5.74, 6) is -0.620. The number of rotatable bonds is 8. The normalized spacial score (nSPS) is 12.6. The summed E-state index contributed by atoms with van der Waals surface area (Å²) in [7, 11) is -3.87. The highest BCUT2D eigenvalue weighted by molar-refractivity contribution is 7.89. The Morgan fingerprint density at radius 2 is 2.09 bits per heavy atom. The third-order valence-electron chi connectivity index (χ3n) is 2.86. The maximum absolute atomic E-state index is 12.0. The minimum absolute atomic E-state index is 0.0337. The van der Waals surface area contributed by atoms with Crippen LogP contribution in [0.4, 0.5) is 5.69 Å². The zero-order valence-corrected chi connectivity index (χ0v) is 12.8. The Hall–Kier alpha value is -2.04. The quantitative estimate of drug-likeness (QED) is 0.335. The summed E-state index contributed by atoms with van der Waals surface area (Å²) in [6.45, 7) is 1.92. The molecule has 0 aromatic heterocycles. The molecule has 0 fully saturated rings. The second kappa shape index (κ2) is 7.82. The molecule has 1 unspecified atom stereocenters. The van der Waals surface area contributed by atoms with Gasteiger partial charge in [0.1, 0.15) is 0 Å². The molecule has 1 amide bonds. The first kappa shape index (κ1) is 18.0. The molecule has 9 nitrogen and oxygen atoms in total. The molecular weight excluding hydrogens is 312 g/mol. The molecule has 0 bridgehead atoms. The van der Waals surface area contributed by atoms with Crippen LogP contribution in [0, 0.1) is 16.0 Å². The Balaban J connectivity index is 2.60. The van der Waals surface area contributed by atoms with Crippen molar-refractivity contribution in [1.29, 1.82) is 0 Å². The summed E-state index contributed by atoms with van der Waals surface area (Å²) in [5, 5.41) is 13.2. The zero-order valence-electron chi connectivity index (χ0n) is 12.0. The fraction of sp³-hybridized carbons (Fsp3) is 0.417. The molecule has 0 saturated heterocycles. The van der Waals surface area contributed by atoms with Gasteiger partial charge in [0, 0.05) is 37.7 Å². The van der Waals surface area contributed by atoms with E-state index in [-0.39, 0.29) is 42.0 Å². The average Bonchev–Trinajstić information content (AvgIpc) is 2.50. The summed E-state index contributed by atoms with van der Waals surface area (Å²) in [6.07, 6.45) is 0. The van der Waals surface area contributed by atoms with E-state index in [0.717, 1.165) is 6.07 Å². The van der Waals surface area contributed by atoms with Gasteiger partial charge < -0.3 is 11.1 Å². The van der Waals surface area contributed by atoms with Gasteiger partial charge in [-0.3, -0.25) is 14.9 Å². The average molecular weight is 330 g/mol. The number of sulfonamides is 1. The monoisotopic (exact) mass is 330 g/mol. The number of hydrogen-bond acceptors (Lipinski definition) is 6. The molecule has 1 rings (SSSR count). The van der Waals surface area contributed by atoms with Gasteiger partial charge in [0.15, 0.2) is 0 Å². The summed E-state index contributed by atoms with van der Waals surface area (Å²) >= 11 is 0. The molecule has 0 aliphatic rings. The van der Waals surface area contributed by atoms with Crippen LogP contribution in [0.1, 0.15) is 6.92 Å². The van der Waals surface area contributed by atoms with E-state index in [1.165, 1.54) is 18.2 Å². The summed E-state index contributed by atoms with van der Waals surface area (Å²) < 4.78 is 26.2. The molecule has 0 spiro atoms. The predicted octanol–water partition coefficient (Wildman–Crippen LogP) is -0.416. The SMILES string of the molecule is CC(CN)C(=O)NCCNS(=O)(=O)c1cccc([N+](=O)[O-])c1. The van der Waals surface area contributed by atoms with Gasteiger partial charge >= 0.3 is 0 Å². The first-order chi connectivity index (χ1) is 10.3. The fourth-order valence-corrected chi connectivity index (χ4v) is 2.57. The third-order valence-corrected chi connectivity index (χ3v) is 4.31. The van der Waals surface area contributed by atoms with Gasteiger partial charge in [-0.15, -0.1) is 0 Å². The molecule has 122 valence electrons. The van der Waals surface area contributed by atoms with Gasteiger partial charge in [-0.1, -0.05) is 13.0 Å². The van der Waals surface area contributed by atoms with E-state index in [0.29, 0.717) is 0 Å². The van der Waals surface area contributed by atoms with Gasteiger partial charge in [-0.2, -0.15) is 0 Å². The number of nitrogens with zero attached hydrogens (tertiary/aromatic N) is 1. The van der Waals surface area contributed by atoms with E-state index in [1.807, 2.05) is 0 Å². The Morgan fingerprint density at radius 1 is 1.41 bits per heavy atom. The molecule has 0 aliphatic heterocycles. The topological polar surface area (TPSA) is 144 Å². The first-order valence-electron chi connectivity index (χ1n) is 6.50. The van der Waals surface area contributed by atoms with Crippen molar-refractivity contribution >= 4 is 21.6 Å². The molecule has 4 N–H and O–H groups in total. The van der Waals surface area contributed by atoms with Crippen LogP contribution in [0.25, 0.3) is 0 Å². The van der Waals surface area contributed by atoms with E-state index < -0.39 is 14.9 Å². The van der Waals surface area contributed by atoms with Gasteiger partial charge in [-0.05, 0) is 6.07 Å². The lowest BCUT2D eigenvalue weighted by atomic mass is 10.2. The lowest BCUT2D eigenvalue weighted by Gasteiger charge is -2.10. The number of nitro benzene ring substituents is 1. The molecular formula is C12H18N4O5S. The van der Waals surface area contributed by atoms with E-state index in [1.54, 1.807) is 6.92 Å². The molecule has 1 atom stereocenters. The number of nitro groups is 1. The van der Waals surface area contributed by atoms with Crippen LogP contribution in [0.3, 0.4) is 0 Å². The Kier molecular flexibility index (Phi) is 6.40. The number of amides is 1. The van der Waals surface area contributed by atoms with E-state index in [4.69, 9.17) is 5.73 Å². The van der Waals surface area contributed by atoms with Crippen molar-refractivity contribution in [2.75, 3.05) is 19.6 Å². The highest BCUT2D eigenvalue weighted by atomic mass is 32.2. The van der Waals surface area contributed by atoms with Gasteiger partial charge in [0.2, 0.25) is 15.9 Å². The second-order valence-electron chi connectivity index (χ2n) is 4.58. The summed E-state index contributed by atoms with van der Waals surface area (Å²) in [5.41, 5.74) is 5.02.